The third kappa shape index (κ3) is 3.09. The number of carbonyl (C=O) groups is 1. The van der Waals surface area contributed by atoms with Crippen LogP contribution in [-0.2, 0) is 4.79 Å². The monoisotopic (exact) mass is 352 g/mol. The van der Waals surface area contributed by atoms with Gasteiger partial charge in [0.1, 0.15) is 24.5 Å². The first-order valence-electron chi connectivity index (χ1n) is 8.09. The van der Waals surface area contributed by atoms with Gasteiger partial charge in [-0.05, 0) is 18.2 Å². The average Bonchev–Trinajstić information content (AvgIpc) is 3.28. The van der Waals surface area contributed by atoms with Crippen molar-refractivity contribution < 1.29 is 19.1 Å². The van der Waals surface area contributed by atoms with E-state index >= 15 is 0 Å². The number of aliphatic hydroxyl groups excluding tert-OH is 1. The maximum Gasteiger partial charge on any atom is 0.245 e. The van der Waals surface area contributed by atoms with Crippen molar-refractivity contribution in [3.05, 3.63) is 48.7 Å². The number of nitrogens with one attached hydrogen (secondary N) is 1. The number of amides is 1. The van der Waals surface area contributed by atoms with Crippen LogP contribution in [0.5, 0.6) is 5.88 Å². The standard InChI is InChI=1S/C18H16N4O4/c23-11-17(24)19-7-8-25-18-6-5-16-20-10-13(22(16)21-18)15-9-12-3-1-2-4-14(12)26-15/h1-6,9-10,23H,7-8,11H2,(H,19,24). The van der Waals surface area contributed by atoms with E-state index in [2.05, 4.69) is 15.4 Å². The van der Waals surface area contributed by atoms with E-state index in [0.29, 0.717) is 17.3 Å². The maximum atomic E-state index is 11.0. The van der Waals surface area contributed by atoms with E-state index in [4.69, 9.17) is 14.3 Å². The van der Waals surface area contributed by atoms with Gasteiger partial charge < -0.3 is 19.6 Å². The van der Waals surface area contributed by atoms with Crippen molar-refractivity contribution in [1.29, 1.82) is 0 Å². The molecule has 3 aromatic heterocycles. The Hall–Kier alpha value is -3.39. The summed E-state index contributed by atoms with van der Waals surface area (Å²) in [7, 11) is 0. The third-order valence-corrected chi connectivity index (χ3v) is 3.83. The Kier molecular flexibility index (Phi) is 4.24. The van der Waals surface area contributed by atoms with Crippen LogP contribution in [0, 0.1) is 0 Å². The summed E-state index contributed by atoms with van der Waals surface area (Å²) in [6.07, 6.45) is 1.70. The molecule has 3 heterocycles. The molecule has 0 atom stereocenters. The SMILES string of the molecule is O=C(CO)NCCOc1ccc2ncc(-c3cc4ccccc4o3)n2n1. The molecule has 0 unspecified atom stereocenters. The number of imidazole rings is 1. The Morgan fingerprint density at radius 2 is 2.15 bits per heavy atom. The van der Waals surface area contributed by atoms with Crippen LogP contribution < -0.4 is 10.1 Å². The second-order valence-electron chi connectivity index (χ2n) is 5.59. The summed E-state index contributed by atoms with van der Waals surface area (Å²) < 4.78 is 13.1. The molecule has 0 aliphatic rings. The zero-order chi connectivity index (χ0) is 17.9. The molecule has 8 heteroatoms. The molecule has 0 radical (unpaired) electrons. The number of carbonyl (C=O) groups excluding carboxylic acids is 1. The molecular formula is C18H16N4O4. The summed E-state index contributed by atoms with van der Waals surface area (Å²) in [6, 6.07) is 13.2. The second kappa shape index (κ2) is 6.85. The van der Waals surface area contributed by atoms with Crippen LogP contribution in [0.25, 0.3) is 28.1 Å². The highest BCUT2D eigenvalue weighted by Gasteiger charge is 2.13. The Labute approximate surface area is 148 Å². The number of nitrogens with zero attached hydrogens (tertiary/aromatic N) is 3. The molecule has 4 aromatic rings. The van der Waals surface area contributed by atoms with Gasteiger partial charge in [-0.1, -0.05) is 18.2 Å². The van der Waals surface area contributed by atoms with E-state index in [1.54, 1.807) is 22.8 Å². The van der Waals surface area contributed by atoms with E-state index in [1.807, 2.05) is 30.3 Å². The van der Waals surface area contributed by atoms with Gasteiger partial charge >= 0.3 is 0 Å². The lowest BCUT2D eigenvalue weighted by atomic mass is 10.2. The van der Waals surface area contributed by atoms with Crippen LogP contribution >= 0.6 is 0 Å². The zero-order valence-corrected chi connectivity index (χ0v) is 13.8. The number of benzene rings is 1. The van der Waals surface area contributed by atoms with Gasteiger partial charge in [-0.2, -0.15) is 0 Å². The fourth-order valence-electron chi connectivity index (χ4n) is 2.61. The summed E-state index contributed by atoms with van der Waals surface area (Å²) in [5, 5.41) is 16.6. The van der Waals surface area contributed by atoms with E-state index in [0.717, 1.165) is 16.7 Å². The van der Waals surface area contributed by atoms with Crippen molar-refractivity contribution in [3.63, 3.8) is 0 Å². The average molecular weight is 352 g/mol. The van der Waals surface area contributed by atoms with Crippen molar-refractivity contribution >= 4 is 22.5 Å². The number of furan rings is 1. The van der Waals surface area contributed by atoms with Crippen molar-refractivity contribution in [2.75, 3.05) is 19.8 Å². The quantitative estimate of drug-likeness (QED) is 0.512. The lowest BCUT2D eigenvalue weighted by Gasteiger charge is -2.06. The van der Waals surface area contributed by atoms with Gasteiger partial charge in [-0.3, -0.25) is 4.79 Å². The number of rotatable bonds is 6. The predicted molar refractivity (Wildman–Crippen MR) is 93.8 cm³/mol. The summed E-state index contributed by atoms with van der Waals surface area (Å²) in [4.78, 5) is 15.3. The van der Waals surface area contributed by atoms with E-state index in [-0.39, 0.29) is 13.2 Å². The summed E-state index contributed by atoms with van der Waals surface area (Å²) in [5.41, 5.74) is 2.18. The van der Waals surface area contributed by atoms with E-state index in [1.165, 1.54) is 0 Å². The molecule has 0 aliphatic heterocycles. The van der Waals surface area contributed by atoms with E-state index < -0.39 is 12.5 Å². The number of para-hydroxylation sites is 1. The topological polar surface area (TPSA) is 102 Å². The number of aromatic nitrogens is 3. The third-order valence-electron chi connectivity index (χ3n) is 3.83. The largest absolute Gasteiger partial charge is 0.475 e. The van der Waals surface area contributed by atoms with Crippen molar-refractivity contribution in [3.8, 4) is 17.3 Å². The van der Waals surface area contributed by atoms with Crippen molar-refractivity contribution in [2.45, 2.75) is 0 Å². The van der Waals surface area contributed by atoms with Gasteiger partial charge in [-0.15, -0.1) is 5.10 Å². The molecule has 0 spiro atoms. The Morgan fingerprint density at radius 3 is 3.00 bits per heavy atom. The molecule has 0 fully saturated rings. The van der Waals surface area contributed by atoms with Crippen molar-refractivity contribution in [2.24, 2.45) is 0 Å². The molecule has 0 saturated heterocycles. The first-order valence-corrected chi connectivity index (χ1v) is 8.09. The lowest BCUT2D eigenvalue weighted by Crippen LogP contribution is -2.30. The molecule has 4 rings (SSSR count). The highest BCUT2D eigenvalue weighted by Crippen LogP contribution is 2.28. The molecule has 0 aliphatic carbocycles. The molecule has 1 aromatic carbocycles. The smallest absolute Gasteiger partial charge is 0.245 e. The molecule has 0 bridgehead atoms. The Balaban J connectivity index is 1.57. The Morgan fingerprint density at radius 1 is 1.27 bits per heavy atom. The first-order chi connectivity index (χ1) is 12.7. The minimum absolute atomic E-state index is 0.235. The molecule has 2 N–H and O–H groups in total. The summed E-state index contributed by atoms with van der Waals surface area (Å²) >= 11 is 0. The molecule has 132 valence electrons. The lowest BCUT2D eigenvalue weighted by molar-refractivity contribution is -0.123. The summed E-state index contributed by atoms with van der Waals surface area (Å²) in [5.74, 6) is 0.614. The fraction of sp³-hybridized carbons (Fsp3) is 0.167. The van der Waals surface area contributed by atoms with Gasteiger partial charge in [0.2, 0.25) is 11.8 Å². The summed E-state index contributed by atoms with van der Waals surface area (Å²) in [6.45, 7) is -0.0293. The number of hydrogen-bond acceptors (Lipinski definition) is 6. The van der Waals surface area contributed by atoms with Gasteiger partial charge in [0.05, 0.1) is 12.7 Å². The van der Waals surface area contributed by atoms with Crippen LogP contribution in [0.1, 0.15) is 0 Å². The van der Waals surface area contributed by atoms with Gasteiger partial charge in [0.25, 0.3) is 0 Å². The predicted octanol–water partition coefficient (Wildman–Crippen LogP) is 1.63. The second-order valence-corrected chi connectivity index (χ2v) is 5.59. The number of aliphatic hydroxyl groups is 1. The number of hydrogen-bond donors (Lipinski definition) is 2. The molecule has 8 nitrogen and oxygen atoms in total. The van der Waals surface area contributed by atoms with Crippen LogP contribution in [-0.4, -0.2) is 45.4 Å². The minimum atomic E-state index is -0.542. The van der Waals surface area contributed by atoms with Crippen LogP contribution in [0.4, 0.5) is 0 Å². The van der Waals surface area contributed by atoms with Crippen LogP contribution in [0.3, 0.4) is 0 Å². The normalized spacial score (nSPS) is 11.1. The molecular weight excluding hydrogens is 336 g/mol. The van der Waals surface area contributed by atoms with Gasteiger partial charge in [-0.25, -0.2) is 9.50 Å². The molecule has 1 amide bonds. The molecule has 26 heavy (non-hydrogen) atoms. The number of ether oxygens (including phenoxy) is 1. The Bertz CT molecular complexity index is 1040. The van der Waals surface area contributed by atoms with Gasteiger partial charge in [0, 0.05) is 11.5 Å². The van der Waals surface area contributed by atoms with Crippen molar-refractivity contribution in [1.82, 2.24) is 19.9 Å². The maximum absolute atomic E-state index is 11.0. The minimum Gasteiger partial charge on any atom is -0.475 e. The van der Waals surface area contributed by atoms with Crippen LogP contribution in [0.2, 0.25) is 0 Å². The highest BCUT2D eigenvalue weighted by atomic mass is 16.5. The first kappa shape index (κ1) is 16.1. The van der Waals surface area contributed by atoms with Gasteiger partial charge in [0.15, 0.2) is 11.4 Å². The molecule has 0 saturated carbocycles. The fourth-order valence-corrected chi connectivity index (χ4v) is 2.61. The zero-order valence-electron chi connectivity index (χ0n) is 13.8. The number of fused-ring (bicyclic) bond motifs is 2. The highest BCUT2D eigenvalue weighted by molar-refractivity contribution is 5.82. The van der Waals surface area contributed by atoms with Crippen LogP contribution in [0.15, 0.2) is 53.1 Å². The van der Waals surface area contributed by atoms with E-state index in [9.17, 15) is 4.79 Å².